The Morgan fingerprint density at radius 3 is 1.81 bits per heavy atom. The lowest BCUT2D eigenvalue weighted by molar-refractivity contribution is -0.221. The molecule has 7 atom stereocenters. The Kier molecular flexibility index (Phi) is 20.2. The average molecular weight is 1220 g/mol. The first kappa shape index (κ1) is 64.4. The lowest BCUT2D eigenvalue weighted by Crippen LogP contribution is -2.63. The lowest BCUT2D eigenvalue weighted by atomic mass is 9.82. The van der Waals surface area contributed by atoms with Gasteiger partial charge in [0.05, 0.1) is 55.6 Å². The van der Waals surface area contributed by atoms with Crippen molar-refractivity contribution >= 4 is 38.0 Å². The molecule has 5 heterocycles. The Hall–Kier alpha value is -7.19. The first-order valence-corrected chi connectivity index (χ1v) is 27.5. The van der Waals surface area contributed by atoms with Crippen LogP contribution < -0.4 is 26.3 Å². The van der Waals surface area contributed by atoms with Crippen LogP contribution in [0.15, 0.2) is 61.1 Å². The predicted octanol–water partition coefficient (Wildman–Crippen LogP) is 7.00. The number of piperazine rings is 1. The topological polar surface area (TPSA) is 235 Å². The van der Waals surface area contributed by atoms with Crippen LogP contribution in [0.4, 0.5) is 59.4 Å². The van der Waals surface area contributed by atoms with Crippen molar-refractivity contribution in [3.63, 3.8) is 0 Å². The zero-order chi connectivity index (χ0) is 61.6. The monoisotopic (exact) mass is 1220 g/mol. The zero-order valence-corrected chi connectivity index (χ0v) is 46.9. The van der Waals surface area contributed by atoms with Gasteiger partial charge < -0.3 is 35.1 Å². The summed E-state index contributed by atoms with van der Waals surface area (Å²) in [6, 6.07) is 2.67. The van der Waals surface area contributed by atoms with Gasteiger partial charge in [0.1, 0.15) is 23.7 Å². The summed E-state index contributed by atoms with van der Waals surface area (Å²) >= 11 is 0. The van der Waals surface area contributed by atoms with Gasteiger partial charge in [-0.1, -0.05) is 24.0 Å². The fraction of sp³-hybridized carbons (Fsp3) is 0.528. The van der Waals surface area contributed by atoms with Gasteiger partial charge in [-0.3, -0.25) is 19.9 Å². The number of anilines is 1. The Morgan fingerprint density at radius 1 is 0.798 bits per heavy atom. The Balaban J connectivity index is 1.23. The van der Waals surface area contributed by atoms with Gasteiger partial charge in [-0.25, -0.2) is 38.0 Å². The smallest absolute Gasteiger partial charge is 0.453 e. The van der Waals surface area contributed by atoms with Crippen molar-refractivity contribution in [3.05, 3.63) is 94.9 Å². The third-order valence-corrected chi connectivity index (χ3v) is 16.0. The first-order valence-electron chi connectivity index (χ1n) is 26.1. The van der Waals surface area contributed by atoms with Gasteiger partial charge in [-0.05, 0) is 87.4 Å². The molecule has 0 saturated carbocycles. The van der Waals surface area contributed by atoms with Gasteiger partial charge in [0.15, 0.2) is 6.16 Å². The number of methoxy groups -OCH3 is 2. The molecule has 0 spiro atoms. The fourth-order valence-corrected chi connectivity index (χ4v) is 10.8. The summed E-state index contributed by atoms with van der Waals surface area (Å²) in [4.78, 5) is 77.9. The molecule has 0 aliphatic carbocycles. The van der Waals surface area contributed by atoms with Crippen LogP contribution in [0.25, 0.3) is 11.3 Å². The number of alkyl carbamates (subject to hydrolysis) is 2. The minimum Gasteiger partial charge on any atom is -0.453 e. The van der Waals surface area contributed by atoms with Gasteiger partial charge in [0, 0.05) is 85.5 Å². The van der Waals surface area contributed by atoms with Gasteiger partial charge in [0.25, 0.3) is 5.91 Å². The number of halogens is 10. The number of nitrogens with zero attached hydrogens (tertiary/aromatic N) is 7. The molecule has 5 N–H and O–H groups in total. The summed E-state index contributed by atoms with van der Waals surface area (Å²) in [5, 5.41) is 10.2. The molecule has 3 saturated heterocycles. The summed E-state index contributed by atoms with van der Waals surface area (Å²) in [6.07, 6.45) is -8.82. The number of hydrogen-bond acceptors (Lipinski definition) is 14. The van der Waals surface area contributed by atoms with E-state index < -0.39 is 129 Å². The van der Waals surface area contributed by atoms with Crippen molar-refractivity contribution in [2.45, 2.75) is 109 Å². The summed E-state index contributed by atoms with van der Waals surface area (Å²) in [6.45, 7) is -0.121. The molecule has 2 aromatic carbocycles. The molecular weight excluding hydrogens is 1160 g/mol. The maximum absolute atomic E-state index is 16.2. The third-order valence-electron chi connectivity index (χ3n) is 15.2. The number of aromatic nitrogens is 4. The molecule has 4 amide bonds. The fourth-order valence-electron chi connectivity index (χ4n) is 10.1. The quantitative estimate of drug-likeness (QED) is 0.0245. The number of alkyl halides is 8. The van der Waals surface area contributed by atoms with E-state index in [1.807, 2.05) is 5.32 Å². The van der Waals surface area contributed by atoms with Crippen LogP contribution in [0.5, 0.6) is 0 Å². The Labute approximate surface area is 476 Å². The average Bonchev–Trinajstić information content (AvgIpc) is 2.35. The van der Waals surface area contributed by atoms with E-state index >= 15 is 8.78 Å². The second-order valence-electron chi connectivity index (χ2n) is 21.6. The highest BCUT2D eigenvalue weighted by Crippen LogP contribution is 2.42. The molecule has 7 rings (SSSR count). The first-order chi connectivity index (χ1) is 39.4. The standard InChI is InChI=1S/C53H60F10N11O9P/c1-50(2,52(58,59)60)42(67-48(77)81-5)44(75)66-41(17-30-10-7-29(8-11-30)9-12-31-20-64-47(65-21-31)71-23-34-13-14-35(24-71)74(34)36-26-83-27-36)33(28-84(79)80)22-72(70-45(76)43(68-49(78)82-6)51(3,4)53(61,62)63)25-37-38(54)18-32(19-39(37)55)40-15-16-73(69-40)46(56)57/h7-8,10-11,15-16,18-21,33-36,41-43,46H,13-14,17,22-28H2,1-6H3,(H4-,66,67,68,70,75,76,77,78,79,80)/p+1/t33-,34?,35?,41+,42?,43-/m1/s1. The molecule has 4 aromatic rings. The van der Waals surface area contributed by atoms with Crippen LogP contribution in [-0.4, -0.2) is 160 Å². The Morgan fingerprint density at radius 2 is 1.33 bits per heavy atom. The van der Waals surface area contributed by atoms with E-state index in [1.165, 1.54) is 24.3 Å². The van der Waals surface area contributed by atoms with E-state index in [0.29, 0.717) is 80.0 Å². The molecule has 3 fully saturated rings. The number of nitrogens with one attached hydrogen (secondary N) is 4. The van der Waals surface area contributed by atoms with Gasteiger partial charge in [-0.2, -0.15) is 45.1 Å². The minimum atomic E-state index is -5.26. The van der Waals surface area contributed by atoms with Crippen LogP contribution >= 0.6 is 8.03 Å². The van der Waals surface area contributed by atoms with Crippen molar-refractivity contribution in [2.24, 2.45) is 16.7 Å². The largest absolute Gasteiger partial charge is 0.505 e. The zero-order valence-electron chi connectivity index (χ0n) is 46.0. The van der Waals surface area contributed by atoms with Gasteiger partial charge in [0.2, 0.25) is 11.9 Å². The summed E-state index contributed by atoms with van der Waals surface area (Å²) in [7, 11) is -1.80. The second kappa shape index (κ2) is 26.4. The van der Waals surface area contributed by atoms with Crippen LogP contribution in [0, 0.1) is 40.2 Å². The SMILES string of the molecule is COC(=O)NC(C(=O)N[C@@H](Cc1ccc(C#Cc2cnc(N3CC4CCC(C3)N4C3COC3)nc2)cc1)[C@H](CN(Cc1c(F)cc(-c2ccn(C(F)F)n2)cc1F)NC(=O)[C@@H](NC(=O)OC)C(C)(C)C(F)(F)F)C[P+](=O)O)C(C)(C)C(F)(F)F. The van der Waals surface area contributed by atoms with E-state index in [2.05, 4.69) is 56.9 Å². The van der Waals surface area contributed by atoms with Gasteiger partial charge in [-0.15, -0.1) is 0 Å². The van der Waals surface area contributed by atoms with Crippen molar-refractivity contribution in [2.75, 3.05) is 58.1 Å². The number of benzene rings is 2. The molecular formula is C53H61F10N11O9P+. The molecule has 4 unspecified atom stereocenters. The van der Waals surface area contributed by atoms with Crippen molar-refractivity contribution in [1.82, 2.24) is 51.0 Å². The van der Waals surface area contributed by atoms with E-state index in [-0.39, 0.29) is 21.5 Å². The maximum Gasteiger partial charge on any atom is 0.505 e. The molecule has 3 aliphatic rings. The molecule has 20 nitrogen and oxygen atoms in total. The van der Waals surface area contributed by atoms with Crippen LogP contribution in [0.3, 0.4) is 0 Å². The predicted molar refractivity (Wildman–Crippen MR) is 279 cm³/mol. The minimum absolute atomic E-state index is 0.188. The summed E-state index contributed by atoms with van der Waals surface area (Å²) < 4.78 is 175. The number of hydrazine groups is 1. The molecule has 84 heavy (non-hydrogen) atoms. The van der Waals surface area contributed by atoms with E-state index in [0.717, 1.165) is 65.6 Å². The number of fused-ring (bicyclic) bond motifs is 2. The number of carbonyl (C=O) groups is 4. The molecule has 2 aromatic heterocycles. The van der Waals surface area contributed by atoms with Crippen molar-refractivity contribution < 1.29 is 86.8 Å². The maximum atomic E-state index is 16.2. The second-order valence-corrected chi connectivity index (χ2v) is 22.6. The lowest BCUT2D eigenvalue weighted by Gasteiger charge is -2.47. The highest BCUT2D eigenvalue weighted by atomic mass is 31.1. The number of ether oxygens (including phenoxy) is 3. The number of rotatable bonds is 21. The van der Waals surface area contributed by atoms with Gasteiger partial charge >= 0.3 is 39.1 Å². The molecule has 456 valence electrons. The summed E-state index contributed by atoms with van der Waals surface area (Å²) in [5.41, 5.74) is -4.68. The highest BCUT2D eigenvalue weighted by Gasteiger charge is 2.57. The van der Waals surface area contributed by atoms with Crippen molar-refractivity contribution in [3.8, 4) is 23.1 Å². The molecule has 0 radical (unpaired) electrons. The highest BCUT2D eigenvalue weighted by molar-refractivity contribution is 7.38. The van der Waals surface area contributed by atoms with E-state index in [4.69, 9.17) is 4.74 Å². The molecule has 2 bridgehead atoms. The number of hydrogen-bond donors (Lipinski definition) is 5. The third kappa shape index (κ3) is 15.2. The van der Waals surface area contributed by atoms with Crippen molar-refractivity contribution in [1.29, 1.82) is 0 Å². The normalized spacial score (nSPS) is 18.4. The number of carbonyl (C=O) groups excluding carboxylic acids is 4. The van der Waals surface area contributed by atoms with E-state index in [1.54, 1.807) is 17.7 Å². The van der Waals surface area contributed by atoms with Crippen LogP contribution in [0.2, 0.25) is 0 Å². The molecule has 3 aliphatic heterocycles. The Bertz CT molecular complexity index is 3050. The van der Waals surface area contributed by atoms with Crippen LogP contribution in [-0.2, 0) is 41.3 Å². The van der Waals surface area contributed by atoms with Crippen LogP contribution in [0.1, 0.15) is 69.3 Å². The molecule has 31 heteroatoms. The van der Waals surface area contributed by atoms with E-state index in [9.17, 15) is 63.8 Å². The summed E-state index contributed by atoms with van der Waals surface area (Å²) in [5.74, 6) is -1.29. The number of amides is 4.